The Morgan fingerprint density at radius 1 is 1.31 bits per heavy atom. The minimum Gasteiger partial charge on any atom is -0.314 e. The molecule has 1 rings (SSSR count). The van der Waals surface area contributed by atoms with Crippen molar-refractivity contribution in [1.29, 1.82) is 0 Å². The molecule has 0 spiro atoms. The van der Waals surface area contributed by atoms with Gasteiger partial charge in [0.1, 0.15) is 0 Å². The quantitative estimate of drug-likeness (QED) is 0.706. The van der Waals surface area contributed by atoms with Gasteiger partial charge in [0.2, 0.25) is 0 Å². The van der Waals surface area contributed by atoms with Crippen molar-refractivity contribution in [3.63, 3.8) is 0 Å². The Bertz CT molecular complexity index is 133. The molecule has 0 amide bonds. The van der Waals surface area contributed by atoms with E-state index in [1.807, 2.05) is 0 Å². The minimum absolute atomic E-state index is 0.785. The Labute approximate surface area is 83.3 Å². The molecular weight excluding hydrogens is 158 g/mol. The van der Waals surface area contributed by atoms with Gasteiger partial charge in [-0.05, 0) is 37.6 Å². The van der Waals surface area contributed by atoms with Crippen LogP contribution in [0.4, 0.5) is 0 Å². The van der Waals surface area contributed by atoms with Crippen LogP contribution in [0, 0.1) is 11.8 Å². The maximum Gasteiger partial charge on any atom is 0.00926 e. The molecule has 1 saturated carbocycles. The molecule has 1 aliphatic rings. The van der Waals surface area contributed by atoms with Crippen molar-refractivity contribution in [2.75, 3.05) is 6.54 Å². The third-order valence-electron chi connectivity index (χ3n) is 3.45. The molecule has 0 heterocycles. The number of rotatable bonds is 4. The highest BCUT2D eigenvalue weighted by atomic mass is 14.9. The molecule has 0 aromatic heterocycles. The molecule has 3 unspecified atom stereocenters. The summed E-state index contributed by atoms with van der Waals surface area (Å²) >= 11 is 0. The van der Waals surface area contributed by atoms with Crippen LogP contribution in [-0.4, -0.2) is 12.6 Å². The fraction of sp³-hybridized carbons (Fsp3) is 1.00. The summed E-state index contributed by atoms with van der Waals surface area (Å²) < 4.78 is 0. The van der Waals surface area contributed by atoms with Gasteiger partial charge in [0.05, 0.1) is 0 Å². The van der Waals surface area contributed by atoms with E-state index in [4.69, 9.17) is 0 Å². The maximum absolute atomic E-state index is 3.62. The molecule has 0 bridgehead atoms. The molecule has 1 fully saturated rings. The van der Waals surface area contributed by atoms with Crippen molar-refractivity contribution >= 4 is 0 Å². The van der Waals surface area contributed by atoms with Crippen LogP contribution in [0.2, 0.25) is 0 Å². The van der Waals surface area contributed by atoms with Crippen molar-refractivity contribution in [3.8, 4) is 0 Å². The average Bonchev–Trinajstić information content (AvgIpc) is 2.14. The van der Waals surface area contributed by atoms with Gasteiger partial charge in [-0.1, -0.05) is 33.6 Å². The van der Waals surface area contributed by atoms with Crippen LogP contribution >= 0.6 is 0 Å². The van der Waals surface area contributed by atoms with Crippen LogP contribution in [0.1, 0.15) is 52.9 Å². The Kier molecular flexibility index (Phi) is 4.79. The highest BCUT2D eigenvalue weighted by Gasteiger charge is 2.24. The van der Waals surface area contributed by atoms with Gasteiger partial charge in [-0.15, -0.1) is 0 Å². The number of hydrogen-bond acceptors (Lipinski definition) is 1. The van der Waals surface area contributed by atoms with E-state index in [0.717, 1.165) is 24.4 Å². The number of hydrogen-bond donors (Lipinski definition) is 1. The second-order valence-corrected chi connectivity index (χ2v) is 4.60. The summed E-state index contributed by atoms with van der Waals surface area (Å²) in [6, 6.07) is 0.785. The van der Waals surface area contributed by atoms with Gasteiger partial charge in [-0.3, -0.25) is 0 Å². The lowest BCUT2D eigenvalue weighted by Crippen LogP contribution is -2.37. The van der Waals surface area contributed by atoms with E-state index in [1.54, 1.807) is 0 Å². The van der Waals surface area contributed by atoms with E-state index < -0.39 is 0 Å². The van der Waals surface area contributed by atoms with Crippen LogP contribution in [0.25, 0.3) is 0 Å². The molecule has 0 saturated heterocycles. The summed E-state index contributed by atoms with van der Waals surface area (Å²) in [7, 11) is 0. The van der Waals surface area contributed by atoms with Gasteiger partial charge in [-0.2, -0.15) is 0 Å². The van der Waals surface area contributed by atoms with Crippen molar-refractivity contribution < 1.29 is 0 Å². The van der Waals surface area contributed by atoms with Crippen LogP contribution in [-0.2, 0) is 0 Å². The zero-order valence-corrected chi connectivity index (χ0v) is 9.47. The fourth-order valence-electron chi connectivity index (χ4n) is 2.75. The Morgan fingerprint density at radius 3 is 2.62 bits per heavy atom. The molecule has 78 valence electrons. The number of nitrogens with one attached hydrogen (secondary N) is 1. The lowest BCUT2D eigenvalue weighted by atomic mass is 9.78. The van der Waals surface area contributed by atoms with Crippen molar-refractivity contribution in [2.45, 2.75) is 58.9 Å². The third-order valence-corrected chi connectivity index (χ3v) is 3.45. The highest BCUT2D eigenvalue weighted by Crippen LogP contribution is 2.31. The average molecular weight is 183 g/mol. The van der Waals surface area contributed by atoms with Crippen molar-refractivity contribution in [1.82, 2.24) is 5.32 Å². The monoisotopic (exact) mass is 183 g/mol. The second-order valence-electron chi connectivity index (χ2n) is 4.60. The first-order valence-corrected chi connectivity index (χ1v) is 6.01. The van der Waals surface area contributed by atoms with E-state index in [2.05, 4.69) is 26.1 Å². The summed E-state index contributed by atoms with van der Waals surface area (Å²) in [6.07, 6.45) is 7.11. The molecule has 3 atom stereocenters. The Morgan fingerprint density at radius 2 is 2.08 bits per heavy atom. The van der Waals surface area contributed by atoms with E-state index >= 15 is 0 Å². The van der Waals surface area contributed by atoms with Crippen LogP contribution < -0.4 is 5.32 Å². The molecule has 0 aliphatic heterocycles. The molecule has 0 aromatic rings. The zero-order chi connectivity index (χ0) is 9.68. The fourth-order valence-corrected chi connectivity index (χ4v) is 2.75. The lowest BCUT2D eigenvalue weighted by Gasteiger charge is -2.33. The highest BCUT2D eigenvalue weighted by molar-refractivity contribution is 4.80. The van der Waals surface area contributed by atoms with Gasteiger partial charge in [0.25, 0.3) is 0 Å². The standard InChI is InChI=1S/C12H25N/c1-4-12(13-5-2)11-8-6-7-10(3)9-11/h10-13H,4-9H2,1-3H3. The van der Waals surface area contributed by atoms with Gasteiger partial charge >= 0.3 is 0 Å². The normalized spacial score (nSPS) is 31.6. The summed E-state index contributed by atoms with van der Waals surface area (Å²) in [4.78, 5) is 0. The lowest BCUT2D eigenvalue weighted by molar-refractivity contribution is 0.220. The Balaban J connectivity index is 2.37. The van der Waals surface area contributed by atoms with Gasteiger partial charge in [-0.25, -0.2) is 0 Å². The zero-order valence-electron chi connectivity index (χ0n) is 9.47. The molecule has 1 N–H and O–H groups in total. The predicted molar refractivity (Wildman–Crippen MR) is 58.9 cm³/mol. The molecule has 1 heteroatoms. The van der Waals surface area contributed by atoms with E-state index in [-0.39, 0.29) is 0 Å². The summed E-state index contributed by atoms with van der Waals surface area (Å²) in [6.45, 7) is 8.07. The SMILES string of the molecule is CCNC(CC)C1CCCC(C)C1. The minimum atomic E-state index is 0.785. The third kappa shape index (κ3) is 3.30. The van der Waals surface area contributed by atoms with Crippen molar-refractivity contribution in [3.05, 3.63) is 0 Å². The summed E-state index contributed by atoms with van der Waals surface area (Å²) in [5.74, 6) is 1.92. The van der Waals surface area contributed by atoms with E-state index in [9.17, 15) is 0 Å². The maximum atomic E-state index is 3.62. The smallest absolute Gasteiger partial charge is 0.00926 e. The second kappa shape index (κ2) is 5.64. The largest absolute Gasteiger partial charge is 0.314 e. The predicted octanol–water partition coefficient (Wildman–Crippen LogP) is 3.20. The molecule has 0 aromatic carbocycles. The van der Waals surface area contributed by atoms with Crippen molar-refractivity contribution in [2.24, 2.45) is 11.8 Å². The first-order chi connectivity index (χ1) is 6.27. The van der Waals surface area contributed by atoms with Crippen LogP contribution in [0.15, 0.2) is 0 Å². The molecule has 0 radical (unpaired) electrons. The van der Waals surface area contributed by atoms with Crippen LogP contribution in [0.5, 0.6) is 0 Å². The molecule has 13 heavy (non-hydrogen) atoms. The molecule has 1 aliphatic carbocycles. The topological polar surface area (TPSA) is 12.0 Å². The van der Waals surface area contributed by atoms with Gasteiger partial charge in [0, 0.05) is 6.04 Å². The van der Waals surface area contributed by atoms with Crippen LogP contribution in [0.3, 0.4) is 0 Å². The Hall–Kier alpha value is -0.0400. The van der Waals surface area contributed by atoms with Gasteiger partial charge < -0.3 is 5.32 Å². The molecular formula is C12H25N. The summed E-state index contributed by atoms with van der Waals surface area (Å²) in [5, 5.41) is 3.62. The van der Waals surface area contributed by atoms with E-state index in [1.165, 1.54) is 32.1 Å². The first-order valence-electron chi connectivity index (χ1n) is 6.01. The van der Waals surface area contributed by atoms with Gasteiger partial charge in [0.15, 0.2) is 0 Å². The summed E-state index contributed by atoms with van der Waals surface area (Å²) in [5.41, 5.74) is 0. The van der Waals surface area contributed by atoms with E-state index in [0.29, 0.717) is 0 Å². The first kappa shape index (κ1) is 11.0. The molecule has 1 nitrogen and oxygen atoms in total.